The highest BCUT2D eigenvalue weighted by atomic mass is 16.6. The van der Waals surface area contributed by atoms with Gasteiger partial charge in [-0.25, -0.2) is 4.79 Å². The lowest BCUT2D eigenvalue weighted by atomic mass is 9.89. The molecule has 1 aliphatic rings. The molecule has 1 rings (SSSR count). The molecule has 0 aliphatic heterocycles. The largest absolute Gasteiger partial charge is 0.444 e. The molecule has 0 bridgehead atoms. The van der Waals surface area contributed by atoms with Crippen LogP contribution in [0.4, 0.5) is 4.79 Å². The average molecular weight is 327 g/mol. The first-order valence-electron chi connectivity index (χ1n) is 8.58. The smallest absolute Gasteiger partial charge is 0.407 e. The van der Waals surface area contributed by atoms with Gasteiger partial charge in [0, 0.05) is 18.1 Å². The summed E-state index contributed by atoms with van der Waals surface area (Å²) < 4.78 is 5.29. The number of nitrogens with zero attached hydrogens (tertiary/aromatic N) is 1. The lowest BCUT2D eigenvalue weighted by Gasteiger charge is -2.40. The molecule has 0 spiro atoms. The van der Waals surface area contributed by atoms with Crippen molar-refractivity contribution in [1.82, 2.24) is 10.2 Å². The molecule has 0 saturated heterocycles. The van der Waals surface area contributed by atoms with Gasteiger partial charge in [0.2, 0.25) is 5.91 Å². The Kier molecular flexibility index (Phi) is 6.86. The minimum atomic E-state index is -0.487. The van der Waals surface area contributed by atoms with Crippen molar-refractivity contribution < 1.29 is 14.3 Å². The fraction of sp³-hybridized carbons (Fsp3) is 0.882. The summed E-state index contributed by atoms with van der Waals surface area (Å²) in [7, 11) is 0. The molecule has 6 heteroatoms. The second kappa shape index (κ2) is 7.99. The van der Waals surface area contributed by atoms with Crippen LogP contribution in [0.15, 0.2) is 0 Å². The molecule has 1 fully saturated rings. The summed E-state index contributed by atoms with van der Waals surface area (Å²) in [6, 6.07) is -0.0328. The zero-order valence-corrected chi connectivity index (χ0v) is 15.4. The predicted octanol–water partition coefficient (Wildman–Crippen LogP) is 2.41. The van der Waals surface area contributed by atoms with E-state index in [4.69, 9.17) is 10.5 Å². The summed E-state index contributed by atoms with van der Waals surface area (Å²) in [5.41, 5.74) is 5.28. The van der Waals surface area contributed by atoms with Crippen LogP contribution in [0.25, 0.3) is 0 Å². The number of nitrogens with one attached hydrogen (secondary N) is 1. The first-order valence-corrected chi connectivity index (χ1v) is 8.58. The van der Waals surface area contributed by atoms with E-state index in [9.17, 15) is 9.59 Å². The molecule has 3 N–H and O–H groups in total. The van der Waals surface area contributed by atoms with Gasteiger partial charge in [-0.1, -0.05) is 0 Å². The molecule has 0 unspecified atom stereocenters. The van der Waals surface area contributed by atoms with E-state index in [1.165, 1.54) is 0 Å². The maximum absolute atomic E-state index is 12.3. The molecule has 0 heterocycles. The topological polar surface area (TPSA) is 84.7 Å². The highest BCUT2D eigenvalue weighted by Crippen LogP contribution is 2.25. The Labute approximate surface area is 140 Å². The fourth-order valence-electron chi connectivity index (χ4n) is 3.06. The van der Waals surface area contributed by atoms with Crippen LogP contribution in [-0.2, 0) is 9.53 Å². The third-order valence-corrected chi connectivity index (χ3v) is 4.01. The summed E-state index contributed by atoms with van der Waals surface area (Å²) in [6.07, 6.45) is 3.07. The van der Waals surface area contributed by atoms with Crippen LogP contribution in [0.2, 0.25) is 0 Å². The molecule has 2 amide bonds. The van der Waals surface area contributed by atoms with Crippen LogP contribution in [0.3, 0.4) is 0 Å². The standard InChI is InChI=1S/C17H33N3O3/c1-11(2)20(15(21)12(3)18)14-9-7-13(8-10-14)19-16(22)23-17(4,5)6/h11-14H,7-10,18H2,1-6H3,(H,19,22)/t12-,13?,14?/m0/s1. The summed E-state index contributed by atoms with van der Waals surface area (Å²) in [4.78, 5) is 26.1. The first kappa shape index (κ1) is 19.7. The van der Waals surface area contributed by atoms with E-state index in [1.807, 2.05) is 39.5 Å². The maximum Gasteiger partial charge on any atom is 0.407 e. The Morgan fingerprint density at radius 2 is 1.65 bits per heavy atom. The zero-order chi connectivity index (χ0) is 17.8. The molecule has 23 heavy (non-hydrogen) atoms. The van der Waals surface area contributed by atoms with Gasteiger partial charge in [0.15, 0.2) is 0 Å². The number of alkyl carbamates (subject to hydrolysis) is 1. The van der Waals surface area contributed by atoms with Gasteiger partial charge in [-0.05, 0) is 67.2 Å². The predicted molar refractivity (Wildman–Crippen MR) is 91.0 cm³/mol. The quantitative estimate of drug-likeness (QED) is 0.830. The van der Waals surface area contributed by atoms with E-state index in [2.05, 4.69) is 5.32 Å². The lowest BCUT2D eigenvalue weighted by Crippen LogP contribution is -2.53. The van der Waals surface area contributed by atoms with Gasteiger partial charge in [-0.2, -0.15) is 0 Å². The number of ether oxygens (including phenoxy) is 1. The molecule has 0 aromatic heterocycles. The molecule has 0 aromatic carbocycles. The summed E-state index contributed by atoms with van der Waals surface area (Å²) in [5.74, 6) is 0.00329. The molecule has 1 saturated carbocycles. The number of amides is 2. The zero-order valence-electron chi connectivity index (χ0n) is 15.4. The number of hydrogen-bond donors (Lipinski definition) is 2. The van der Waals surface area contributed by atoms with E-state index < -0.39 is 11.6 Å². The average Bonchev–Trinajstić information content (AvgIpc) is 2.38. The first-order chi connectivity index (χ1) is 10.5. The van der Waals surface area contributed by atoms with Crippen LogP contribution >= 0.6 is 0 Å². The van der Waals surface area contributed by atoms with Gasteiger partial charge in [-0.15, -0.1) is 0 Å². The normalized spacial score (nSPS) is 23.3. The van der Waals surface area contributed by atoms with Crippen LogP contribution in [0.5, 0.6) is 0 Å². The molecular weight excluding hydrogens is 294 g/mol. The van der Waals surface area contributed by atoms with Crippen LogP contribution < -0.4 is 11.1 Å². The van der Waals surface area contributed by atoms with Crippen LogP contribution in [-0.4, -0.2) is 46.7 Å². The SMILES string of the molecule is CC(C)N(C(=O)[C@H](C)N)C1CCC(NC(=O)OC(C)(C)C)CC1. The number of nitrogens with two attached hydrogens (primary N) is 1. The second-order valence-electron chi connectivity index (χ2n) is 7.78. The number of rotatable bonds is 4. The second-order valence-corrected chi connectivity index (χ2v) is 7.78. The minimum Gasteiger partial charge on any atom is -0.444 e. The maximum atomic E-state index is 12.3. The van der Waals surface area contributed by atoms with Gasteiger partial charge < -0.3 is 20.7 Å². The van der Waals surface area contributed by atoms with E-state index in [0.29, 0.717) is 0 Å². The Morgan fingerprint density at radius 3 is 2.04 bits per heavy atom. The van der Waals surface area contributed by atoms with Crippen molar-refractivity contribution in [3.8, 4) is 0 Å². The molecular formula is C17H33N3O3. The van der Waals surface area contributed by atoms with Gasteiger partial charge in [0.1, 0.15) is 5.60 Å². The van der Waals surface area contributed by atoms with Crippen molar-refractivity contribution in [3.63, 3.8) is 0 Å². The molecule has 1 aliphatic carbocycles. The van der Waals surface area contributed by atoms with Crippen molar-refractivity contribution in [3.05, 3.63) is 0 Å². The van der Waals surface area contributed by atoms with Crippen LogP contribution in [0, 0.1) is 0 Å². The Bertz CT molecular complexity index is 408. The van der Waals surface area contributed by atoms with Crippen molar-refractivity contribution in [1.29, 1.82) is 0 Å². The number of carbonyl (C=O) groups is 2. The third-order valence-electron chi connectivity index (χ3n) is 4.01. The number of hydrogen-bond acceptors (Lipinski definition) is 4. The van der Waals surface area contributed by atoms with Gasteiger partial charge in [0.25, 0.3) is 0 Å². The Balaban J connectivity index is 2.54. The Hall–Kier alpha value is -1.30. The van der Waals surface area contributed by atoms with E-state index in [-0.39, 0.29) is 30.1 Å². The fourth-order valence-corrected chi connectivity index (χ4v) is 3.06. The summed E-state index contributed by atoms with van der Waals surface area (Å²) in [6.45, 7) is 11.3. The van der Waals surface area contributed by atoms with E-state index in [1.54, 1.807) is 6.92 Å². The van der Waals surface area contributed by atoms with Gasteiger partial charge in [-0.3, -0.25) is 4.79 Å². The third kappa shape index (κ3) is 6.37. The number of carbonyl (C=O) groups excluding carboxylic acids is 2. The van der Waals surface area contributed by atoms with Crippen molar-refractivity contribution >= 4 is 12.0 Å². The minimum absolute atomic E-state index is 0.00329. The monoisotopic (exact) mass is 327 g/mol. The summed E-state index contributed by atoms with van der Waals surface area (Å²) >= 11 is 0. The highest BCUT2D eigenvalue weighted by molar-refractivity contribution is 5.81. The molecule has 0 aromatic rings. The molecule has 0 radical (unpaired) electrons. The van der Waals surface area contributed by atoms with Gasteiger partial charge in [0.05, 0.1) is 6.04 Å². The van der Waals surface area contributed by atoms with Crippen molar-refractivity contribution in [2.45, 2.75) is 97.0 Å². The van der Waals surface area contributed by atoms with Crippen molar-refractivity contribution in [2.24, 2.45) is 5.73 Å². The molecule has 1 atom stereocenters. The summed E-state index contributed by atoms with van der Waals surface area (Å²) in [5, 5.41) is 2.93. The van der Waals surface area contributed by atoms with Crippen molar-refractivity contribution in [2.75, 3.05) is 0 Å². The lowest BCUT2D eigenvalue weighted by molar-refractivity contribution is -0.137. The van der Waals surface area contributed by atoms with Gasteiger partial charge >= 0.3 is 6.09 Å². The van der Waals surface area contributed by atoms with E-state index in [0.717, 1.165) is 25.7 Å². The van der Waals surface area contributed by atoms with E-state index >= 15 is 0 Å². The highest BCUT2D eigenvalue weighted by Gasteiger charge is 2.32. The molecule has 134 valence electrons. The molecule has 6 nitrogen and oxygen atoms in total. The Morgan fingerprint density at radius 1 is 1.13 bits per heavy atom. The van der Waals surface area contributed by atoms with Crippen LogP contribution in [0.1, 0.15) is 67.2 Å².